The van der Waals surface area contributed by atoms with E-state index in [0.29, 0.717) is 24.3 Å². The summed E-state index contributed by atoms with van der Waals surface area (Å²) < 4.78 is 12.3. The highest BCUT2D eigenvalue weighted by atomic mass is 16.5. The maximum Gasteiger partial charge on any atom is 0.241 e. The van der Waals surface area contributed by atoms with Gasteiger partial charge in [-0.1, -0.05) is 5.16 Å². The summed E-state index contributed by atoms with van der Waals surface area (Å²) in [7, 11) is 0. The van der Waals surface area contributed by atoms with Gasteiger partial charge in [0.2, 0.25) is 11.7 Å². The Kier molecular flexibility index (Phi) is 3.43. The van der Waals surface area contributed by atoms with E-state index in [9.17, 15) is 0 Å². The Balaban J connectivity index is 1.44. The Bertz CT molecular complexity index is 706. The first kappa shape index (κ1) is 13.2. The number of rotatable bonds is 5. The summed E-state index contributed by atoms with van der Waals surface area (Å²) in [6.07, 6.45) is 8.83. The second kappa shape index (κ2) is 5.72. The maximum atomic E-state index is 5.35. The largest absolute Gasteiger partial charge is 0.472 e. The van der Waals surface area contributed by atoms with Crippen LogP contribution in [0.25, 0.3) is 11.4 Å². The van der Waals surface area contributed by atoms with Crippen LogP contribution in [0.1, 0.15) is 18.7 Å². The molecule has 3 aromatic rings. The third-order valence-electron chi connectivity index (χ3n) is 3.95. The average molecular weight is 300 g/mol. The van der Waals surface area contributed by atoms with E-state index in [2.05, 4.69) is 25.1 Å². The summed E-state index contributed by atoms with van der Waals surface area (Å²) in [5, 5.41) is 8.18. The zero-order valence-corrected chi connectivity index (χ0v) is 12.0. The zero-order valence-electron chi connectivity index (χ0n) is 12.0. The van der Waals surface area contributed by atoms with Crippen LogP contribution >= 0.6 is 0 Å². The lowest BCUT2D eigenvalue weighted by molar-refractivity contribution is 0.192. The minimum absolute atomic E-state index is 0.422. The van der Waals surface area contributed by atoms with Gasteiger partial charge in [-0.05, 0) is 25.5 Å². The van der Waals surface area contributed by atoms with Crippen molar-refractivity contribution in [1.82, 2.24) is 29.8 Å². The van der Waals surface area contributed by atoms with Crippen molar-refractivity contribution in [2.24, 2.45) is 0 Å². The molecule has 0 saturated carbocycles. The second-order valence-corrected chi connectivity index (χ2v) is 5.41. The minimum atomic E-state index is 0.422. The lowest BCUT2D eigenvalue weighted by atomic mass is 10.2. The summed E-state index contributed by atoms with van der Waals surface area (Å²) in [6, 6.07) is 2.24. The van der Waals surface area contributed by atoms with Gasteiger partial charge in [0, 0.05) is 6.04 Å². The van der Waals surface area contributed by atoms with Crippen LogP contribution in [0.5, 0.6) is 0 Å². The molecule has 0 spiro atoms. The Morgan fingerprint density at radius 1 is 1.36 bits per heavy atom. The zero-order chi connectivity index (χ0) is 14.8. The summed E-state index contributed by atoms with van der Waals surface area (Å²) in [4.78, 5) is 10.8. The van der Waals surface area contributed by atoms with E-state index >= 15 is 0 Å². The van der Waals surface area contributed by atoms with Crippen molar-refractivity contribution < 1.29 is 8.94 Å². The van der Waals surface area contributed by atoms with Crippen LogP contribution in [0, 0.1) is 0 Å². The molecule has 3 aromatic heterocycles. The lowest BCUT2D eigenvalue weighted by Gasteiger charge is -2.22. The van der Waals surface area contributed by atoms with Gasteiger partial charge in [-0.25, -0.2) is 4.98 Å². The molecular formula is C14H16N6O2. The number of furan rings is 1. The molecule has 1 fully saturated rings. The van der Waals surface area contributed by atoms with Gasteiger partial charge in [-0.15, -0.1) is 0 Å². The predicted octanol–water partition coefficient (Wildman–Crippen LogP) is 1.59. The fraction of sp³-hybridized carbons (Fsp3) is 0.429. The fourth-order valence-electron chi connectivity index (χ4n) is 2.85. The average Bonchev–Trinajstić information content (AvgIpc) is 3.28. The monoisotopic (exact) mass is 300 g/mol. The first-order chi connectivity index (χ1) is 10.9. The molecule has 1 aliphatic heterocycles. The van der Waals surface area contributed by atoms with Gasteiger partial charge < -0.3 is 8.94 Å². The van der Waals surface area contributed by atoms with Gasteiger partial charge in [0.25, 0.3) is 0 Å². The van der Waals surface area contributed by atoms with E-state index in [-0.39, 0.29) is 0 Å². The Morgan fingerprint density at radius 2 is 2.36 bits per heavy atom. The van der Waals surface area contributed by atoms with Crippen molar-refractivity contribution >= 4 is 0 Å². The van der Waals surface area contributed by atoms with E-state index in [1.807, 2.05) is 10.7 Å². The van der Waals surface area contributed by atoms with E-state index in [4.69, 9.17) is 8.94 Å². The molecular weight excluding hydrogens is 284 g/mol. The first-order valence-electron chi connectivity index (χ1n) is 7.30. The van der Waals surface area contributed by atoms with Gasteiger partial charge in [0.05, 0.1) is 24.9 Å². The van der Waals surface area contributed by atoms with Gasteiger partial charge in [0.1, 0.15) is 18.9 Å². The second-order valence-electron chi connectivity index (χ2n) is 5.41. The molecule has 0 radical (unpaired) electrons. The third-order valence-corrected chi connectivity index (χ3v) is 3.95. The van der Waals surface area contributed by atoms with Crippen molar-refractivity contribution in [3.8, 4) is 11.4 Å². The maximum absolute atomic E-state index is 5.35. The Hall–Kier alpha value is -2.48. The quantitative estimate of drug-likeness (QED) is 0.707. The van der Waals surface area contributed by atoms with Crippen molar-refractivity contribution in [2.75, 3.05) is 6.54 Å². The summed E-state index contributed by atoms with van der Waals surface area (Å²) in [5.74, 6) is 1.19. The molecule has 1 saturated heterocycles. The van der Waals surface area contributed by atoms with Crippen molar-refractivity contribution in [3.63, 3.8) is 0 Å². The van der Waals surface area contributed by atoms with Gasteiger partial charge in [-0.2, -0.15) is 10.1 Å². The molecule has 1 aliphatic rings. The Morgan fingerprint density at radius 3 is 3.18 bits per heavy atom. The summed E-state index contributed by atoms with van der Waals surface area (Å²) in [5.41, 5.74) is 0.829. The highest BCUT2D eigenvalue weighted by Crippen LogP contribution is 2.22. The van der Waals surface area contributed by atoms with Crippen molar-refractivity contribution in [2.45, 2.75) is 32.0 Å². The lowest BCUT2D eigenvalue weighted by Crippen LogP contribution is -2.32. The van der Waals surface area contributed by atoms with Crippen LogP contribution < -0.4 is 0 Å². The summed E-state index contributed by atoms with van der Waals surface area (Å²) in [6.45, 7) is 2.52. The van der Waals surface area contributed by atoms with Crippen LogP contribution in [-0.2, 0) is 13.1 Å². The molecule has 0 bridgehead atoms. The molecule has 114 valence electrons. The van der Waals surface area contributed by atoms with Gasteiger partial charge in [-0.3, -0.25) is 9.58 Å². The number of nitrogens with zero attached hydrogens (tertiary/aromatic N) is 6. The molecule has 0 amide bonds. The van der Waals surface area contributed by atoms with Crippen LogP contribution in [0.2, 0.25) is 0 Å². The first-order valence-corrected chi connectivity index (χ1v) is 7.30. The topological polar surface area (TPSA) is 86.0 Å². The van der Waals surface area contributed by atoms with E-state index < -0.39 is 0 Å². The molecule has 8 nitrogen and oxygen atoms in total. The SMILES string of the molecule is c1ncn(CC2CCCN2Cc2nc(-c3ccoc3)no2)n1. The molecule has 1 unspecified atom stereocenters. The molecule has 0 aliphatic carbocycles. The normalized spacial score (nSPS) is 19.0. The standard InChI is InChI=1S/C14H16N6O2/c1-2-12(6-20-10-15-9-16-20)19(4-1)7-13-17-14(18-22-13)11-3-5-21-8-11/h3,5,8-10,12H,1-2,4,6-7H2. The van der Waals surface area contributed by atoms with E-state index in [1.54, 1.807) is 25.2 Å². The molecule has 22 heavy (non-hydrogen) atoms. The smallest absolute Gasteiger partial charge is 0.241 e. The highest BCUT2D eigenvalue weighted by molar-refractivity contribution is 5.51. The molecule has 4 rings (SSSR count). The number of hydrogen-bond donors (Lipinski definition) is 0. The highest BCUT2D eigenvalue weighted by Gasteiger charge is 2.27. The van der Waals surface area contributed by atoms with Crippen molar-refractivity contribution in [1.29, 1.82) is 0 Å². The third kappa shape index (κ3) is 2.64. The molecule has 4 heterocycles. The fourth-order valence-corrected chi connectivity index (χ4v) is 2.85. The molecule has 8 heteroatoms. The molecule has 1 atom stereocenters. The van der Waals surface area contributed by atoms with Gasteiger partial charge >= 0.3 is 0 Å². The summed E-state index contributed by atoms with van der Waals surface area (Å²) >= 11 is 0. The van der Waals surface area contributed by atoms with Crippen LogP contribution in [0.4, 0.5) is 0 Å². The molecule has 0 N–H and O–H groups in total. The molecule has 0 aromatic carbocycles. The van der Waals surface area contributed by atoms with Crippen LogP contribution in [0.15, 0.2) is 40.2 Å². The van der Waals surface area contributed by atoms with Crippen molar-refractivity contribution in [3.05, 3.63) is 37.1 Å². The predicted molar refractivity (Wildman–Crippen MR) is 75.5 cm³/mol. The van der Waals surface area contributed by atoms with E-state index in [1.165, 1.54) is 6.42 Å². The Labute approximate surface area is 126 Å². The minimum Gasteiger partial charge on any atom is -0.472 e. The number of aromatic nitrogens is 5. The van der Waals surface area contributed by atoms with E-state index in [0.717, 1.165) is 25.1 Å². The van der Waals surface area contributed by atoms with Crippen LogP contribution in [0.3, 0.4) is 0 Å². The van der Waals surface area contributed by atoms with Crippen LogP contribution in [-0.4, -0.2) is 42.4 Å². The number of likely N-dealkylation sites (tertiary alicyclic amines) is 1. The number of hydrogen-bond acceptors (Lipinski definition) is 7. The van der Waals surface area contributed by atoms with Gasteiger partial charge in [0.15, 0.2) is 0 Å².